The van der Waals surface area contributed by atoms with E-state index in [4.69, 9.17) is 16.3 Å². The van der Waals surface area contributed by atoms with E-state index >= 15 is 0 Å². The topological polar surface area (TPSA) is 92.3 Å². The van der Waals surface area contributed by atoms with Gasteiger partial charge in [0.25, 0.3) is 0 Å². The summed E-state index contributed by atoms with van der Waals surface area (Å²) in [6, 6.07) is 17.2. The second-order valence-electron chi connectivity index (χ2n) is 8.53. The zero-order chi connectivity index (χ0) is 25.5. The predicted octanol–water partition coefficient (Wildman–Crippen LogP) is 5.67. The highest BCUT2D eigenvalue weighted by atomic mass is 35.5. The van der Waals surface area contributed by atoms with Crippen LogP contribution in [0.2, 0.25) is 5.02 Å². The molecule has 4 aromatic rings. The van der Waals surface area contributed by atoms with Crippen molar-refractivity contribution in [3.05, 3.63) is 77.8 Å². The van der Waals surface area contributed by atoms with Crippen LogP contribution in [0, 0.1) is 0 Å². The normalized spacial score (nSPS) is 10.9. The van der Waals surface area contributed by atoms with Crippen LogP contribution in [0.25, 0.3) is 10.9 Å². The van der Waals surface area contributed by atoms with Gasteiger partial charge < -0.3 is 20.3 Å². The number of hydrogen-bond acceptors (Lipinski definition) is 7. The number of aromatic nitrogens is 3. The molecule has 2 heterocycles. The predicted molar refractivity (Wildman–Crippen MR) is 144 cm³/mol. The summed E-state index contributed by atoms with van der Waals surface area (Å²) in [5, 5.41) is 8.13. The molecule has 2 N–H and O–H groups in total. The van der Waals surface area contributed by atoms with E-state index < -0.39 is 0 Å². The highest BCUT2D eigenvalue weighted by molar-refractivity contribution is 6.32. The highest BCUT2D eigenvalue weighted by Gasteiger charge is 2.14. The van der Waals surface area contributed by atoms with E-state index in [9.17, 15) is 4.79 Å². The van der Waals surface area contributed by atoms with Gasteiger partial charge in [0, 0.05) is 43.6 Å². The number of nitrogens with zero attached hydrogens (tertiary/aromatic N) is 4. The van der Waals surface area contributed by atoms with Gasteiger partial charge in [0.15, 0.2) is 0 Å². The van der Waals surface area contributed by atoms with Crippen LogP contribution in [-0.4, -0.2) is 44.9 Å². The molecule has 0 bridgehead atoms. The van der Waals surface area contributed by atoms with Crippen molar-refractivity contribution >= 4 is 45.6 Å². The molecule has 0 spiro atoms. The van der Waals surface area contributed by atoms with Crippen LogP contribution in [0.3, 0.4) is 0 Å². The summed E-state index contributed by atoms with van der Waals surface area (Å²) in [4.78, 5) is 26.9. The highest BCUT2D eigenvalue weighted by Crippen LogP contribution is 2.33. The Morgan fingerprint density at radius 3 is 2.67 bits per heavy atom. The van der Waals surface area contributed by atoms with Gasteiger partial charge in [-0.2, -0.15) is 0 Å². The molecule has 0 radical (unpaired) electrons. The third kappa shape index (κ3) is 6.20. The maximum atomic E-state index is 11.9. The Labute approximate surface area is 215 Å². The first-order valence-electron chi connectivity index (χ1n) is 11.8. The number of halogens is 1. The minimum absolute atomic E-state index is 0.0553. The molecule has 0 saturated carbocycles. The van der Waals surface area contributed by atoms with Crippen molar-refractivity contribution in [3.8, 4) is 5.75 Å². The first-order chi connectivity index (χ1) is 17.4. The summed E-state index contributed by atoms with van der Waals surface area (Å²) in [7, 11) is 0. The van der Waals surface area contributed by atoms with Crippen LogP contribution in [0.1, 0.15) is 26.5 Å². The molecule has 0 fully saturated rings. The lowest BCUT2D eigenvalue weighted by Crippen LogP contribution is -2.38. The van der Waals surface area contributed by atoms with E-state index in [0.717, 1.165) is 28.0 Å². The first kappa shape index (κ1) is 25.2. The molecule has 0 aliphatic rings. The van der Waals surface area contributed by atoms with Gasteiger partial charge in [-0.25, -0.2) is 9.97 Å². The lowest BCUT2D eigenvalue weighted by Gasteiger charge is -2.25. The number of pyridine rings is 1. The van der Waals surface area contributed by atoms with Crippen LogP contribution in [-0.2, 0) is 11.4 Å². The number of carbonyl (C=O) groups excluding carboxylic acids is 1. The first-order valence-corrected chi connectivity index (χ1v) is 12.1. The number of anilines is 3. The molecule has 9 heteroatoms. The molecule has 8 nitrogen and oxygen atoms in total. The number of benzene rings is 2. The van der Waals surface area contributed by atoms with Gasteiger partial charge in [-0.05, 0) is 56.3 Å². The molecule has 1 amide bonds. The van der Waals surface area contributed by atoms with E-state index in [1.54, 1.807) is 19.2 Å². The van der Waals surface area contributed by atoms with Crippen LogP contribution in [0.15, 0.2) is 67.1 Å². The minimum Gasteiger partial charge on any atom is -0.486 e. The Hall–Kier alpha value is -3.91. The standard InChI is InChI=1S/C27H29ClN6O2/c1-18(2)34(19(3)35)14-13-30-23-8-6-9-24-26(23)27(32-17-31-24)33-20-10-11-25(22(28)15-20)36-16-21-7-4-5-12-29-21/h4-12,15,17-18,30H,13-14,16H2,1-3H3,(H,31,32,33). The maximum Gasteiger partial charge on any atom is 0.219 e. The molecular formula is C27H29ClN6O2. The smallest absolute Gasteiger partial charge is 0.219 e. The molecule has 0 unspecified atom stereocenters. The number of hydrogen-bond donors (Lipinski definition) is 2. The molecule has 0 aliphatic heterocycles. The molecule has 0 atom stereocenters. The number of carbonyl (C=O) groups is 1. The summed E-state index contributed by atoms with van der Waals surface area (Å²) < 4.78 is 5.83. The van der Waals surface area contributed by atoms with Crippen LogP contribution in [0.4, 0.5) is 17.2 Å². The van der Waals surface area contributed by atoms with Gasteiger partial charge in [-0.1, -0.05) is 23.7 Å². The number of ether oxygens (including phenoxy) is 1. The van der Waals surface area contributed by atoms with E-state index in [1.807, 2.05) is 67.3 Å². The Morgan fingerprint density at radius 2 is 1.94 bits per heavy atom. The third-order valence-electron chi connectivity index (χ3n) is 5.66. The van der Waals surface area contributed by atoms with Gasteiger partial charge in [-0.3, -0.25) is 9.78 Å². The monoisotopic (exact) mass is 504 g/mol. The average Bonchev–Trinajstić information content (AvgIpc) is 2.86. The molecular weight excluding hydrogens is 476 g/mol. The largest absolute Gasteiger partial charge is 0.486 e. The van der Waals surface area contributed by atoms with Crippen molar-refractivity contribution in [1.29, 1.82) is 0 Å². The lowest BCUT2D eigenvalue weighted by atomic mass is 10.2. The van der Waals surface area contributed by atoms with Crippen molar-refractivity contribution in [2.24, 2.45) is 0 Å². The fraction of sp³-hybridized carbons (Fsp3) is 0.259. The molecule has 2 aromatic heterocycles. The summed E-state index contributed by atoms with van der Waals surface area (Å²) in [6.07, 6.45) is 3.25. The second-order valence-corrected chi connectivity index (χ2v) is 8.94. The number of nitrogens with one attached hydrogen (secondary N) is 2. The van der Waals surface area contributed by atoms with Gasteiger partial charge in [0.2, 0.25) is 5.91 Å². The Balaban J connectivity index is 1.50. The van der Waals surface area contributed by atoms with Gasteiger partial charge in [-0.15, -0.1) is 0 Å². The minimum atomic E-state index is 0.0553. The summed E-state index contributed by atoms with van der Waals surface area (Å²) >= 11 is 6.50. The summed E-state index contributed by atoms with van der Waals surface area (Å²) in [5.41, 5.74) is 3.26. The molecule has 0 aliphatic carbocycles. The maximum absolute atomic E-state index is 11.9. The fourth-order valence-electron chi connectivity index (χ4n) is 3.91. The van der Waals surface area contributed by atoms with Gasteiger partial charge in [0.05, 0.1) is 21.6 Å². The summed E-state index contributed by atoms with van der Waals surface area (Å²) in [5.74, 6) is 1.27. The number of fused-ring (bicyclic) bond motifs is 1. The van der Waals surface area contributed by atoms with Crippen molar-refractivity contribution < 1.29 is 9.53 Å². The van der Waals surface area contributed by atoms with Crippen LogP contribution < -0.4 is 15.4 Å². The molecule has 186 valence electrons. The number of rotatable bonds is 10. The van der Waals surface area contributed by atoms with Crippen LogP contribution in [0.5, 0.6) is 5.75 Å². The quantitative estimate of drug-likeness (QED) is 0.287. The van der Waals surface area contributed by atoms with Crippen molar-refractivity contribution in [3.63, 3.8) is 0 Å². The average molecular weight is 505 g/mol. The zero-order valence-corrected chi connectivity index (χ0v) is 21.3. The van der Waals surface area contributed by atoms with Crippen molar-refractivity contribution in [1.82, 2.24) is 19.9 Å². The fourth-order valence-corrected chi connectivity index (χ4v) is 4.14. The Kier molecular flexibility index (Phi) is 8.17. The molecule has 0 saturated heterocycles. The summed E-state index contributed by atoms with van der Waals surface area (Å²) in [6.45, 7) is 7.13. The van der Waals surface area contributed by atoms with Gasteiger partial charge in [0.1, 0.15) is 24.5 Å². The van der Waals surface area contributed by atoms with E-state index in [0.29, 0.717) is 36.3 Å². The molecule has 2 aromatic carbocycles. The van der Waals surface area contributed by atoms with Crippen molar-refractivity contribution in [2.75, 3.05) is 23.7 Å². The van der Waals surface area contributed by atoms with E-state index in [1.165, 1.54) is 6.33 Å². The third-order valence-corrected chi connectivity index (χ3v) is 5.95. The van der Waals surface area contributed by atoms with Crippen molar-refractivity contribution in [2.45, 2.75) is 33.4 Å². The molecule has 4 rings (SSSR count). The van der Waals surface area contributed by atoms with Gasteiger partial charge >= 0.3 is 0 Å². The van der Waals surface area contributed by atoms with E-state index in [-0.39, 0.29) is 11.9 Å². The van der Waals surface area contributed by atoms with Crippen LogP contribution >= 0.6 is 11.6 Å². The number of amides is 1. The second kappa shape index (κ2) is 11.7. The Bertz CT molecular complexity index is 1330. The SMILES string of the molecule is CC(=O)N(CCNc1cccc2ncnc(Nc3ccc(OCc4ccccn4)c(Cl)c3)c12)C(C)C. The Morgan fingerprint density at radius 1 is 1.08 bits per heavy atom. The van der Waals surface area contributed by atoms with E-state index in [2.05, 4.69) is 25.6 Å². The zero-order valence-electron chi connectivity index (χ0n) is 20.5. The molecule has 36 heavy (non-hydrogen) atoms. The lowest BCUT2D eigenvalue weighted by molar-refractivity contribution is -0.130.